The lowest BCUT2D eigenvalue weighted by Crippen LogP contribution is -2.41. The molecule has 4 aromatic rings. The van der Waals surface area contributed by atoms with Gasteiger partial charge in [-0.2, -0.15) is 10.2 Å². The van der Waals surface area contributed by atoms with Crippen LogP contribution in [0.3, 0.4) is 0 Å². The highest BCUT2D eigenvalue weighted by molar-refractivity contribution is 9.10. The number of hydrogen-bond acceptors (Lipinski definition) is 10. The van der Waals surface area contributed by atoms with Crippen molar-refractivity contribution in [1.29, 1.82) is 0 Å². The molecule has 3 heterocycles. The largest absolute Gasteiger partial charge is 0.493 e. The first kappa shape index (κ1) is 47.4. The van der Waals surface area contributed by atoms with Crippen LogP contribution in [0.15, 0.2) is 69.3 Å². The number of rotatable bonds is 8. The van der Waals surface area contributed by atoms with Crippen molar-refractivity contribution in [3.63, 3.8) is 0 Å². The molecule has 4 amide bonds. The molecule has 14 nitrogen and oxygen atoms in total. The number of carbonyl (C=O) groups is 2. The molecule has 1 saturated heterocycles. The van der Waals surface area contributed by atoms with Crippen LogP contribution < -0.4 is 29.6 Å². The third-order valence-electron chi connectivity index (χ3n) is 10.9. The van der Waals surface area contributed by atoms with Gasteiger partial charge in [-0.3, -0.25) is 4.90 Å². The zero-order valence-corrected chi connectivity index (χ0v) is 39.5. The molecule has 3 aliphatic heterocycles. The molecule has 336 valence electrons. The van der Waals surface area contributed by atoms with Crippen LogP contribution in [0.2, 0.25) is 10.0 Å². The Labute approximate surface area is 385 Å². The Morgan fingerprint density at radius 2 is 1.24 bits per heavy atom. The number of morpholine rings is 1. The Kier molecular flexibility index (Phi) is 15.8. The molecule has 4 aromatic carbocycles. The van der Waals surface area contributed by atoms with Crippen LogP contribution in [0.5, 0.6) is 23.0 Å². The Hall–Kier alpha value is -5.13. The quantitative estimate of drug-likeness (QED) is 0.181. The van der Waals surface area contributed by atoms with E-state index in [2.05, 4.69) is 36.6 Å². The minimum Gasteiger partial charge on any atom is -0.493 e. The molecule has 7 rings (SSSR count). The fourth-order valence-corrected chi connectivity index (χ4v) is 8.71. The number of nitrogens with zero attached hydrogens (tertiary/aromatic N) is 5. The van der Waals surface area contributed by atoms with Crippen molar-refractivity contribution in [2.45, 2.75) is 45.3 Å². The highest BCUT2D eigenvalue weighted by Crippen LogP contribution is 2.48. The lowest BCUT2D eigenvalue weighted by molar-refractivity contribution is 0.0342. The number of benzene rings is 4. The van der Waals surface area contributed by atoms with Crippen LogP contribution in [0.4, 0.5) is 14.0 Å². The van der Waals surface area contributed by atoms with E-state index in [1.807, 2.05) is 62.4 Å². The van der Waals surface area contributed by atoms with Gasteiger partial charge in [0.15, 0.2) is 23.0 Å². The van der Waals surface area contributed by atoms with Crippen molar-refractivity contribution in [1.82, 2.24) is 25.6 Å². The molecule has 0 radical (unpaired) electrons. The molecule has 0 saturated carbocycles. The number of halogens is 4. The summed E-state index contributed by atoms with van der Waals surface area (Å²) in [6, 6.07) is 15.5. The minimum absolute atomic E-state index is 0.270. The van der Waals surface area contributed by atoms with Crippen LogP contribution in [-0.4, -0.2) is 119 Å². The number of methoxy groups -OCH3 is 4. The highest BCUT2D eigenvalue weighted by atomic mass is 79.9. The number of amides is 4. The maximum absolute atomic E-state index is 15.3. The van der Waals surface area contributed by atoms with E-state index in [9.17, 15) is 9.59 Å². The fraction of sp³-hybridized carbons (Fsp3) is 0.378. The number of ether oxygens (including phenoxy) is 5. The number of nitrogens with one attached hydrogen (secondary N) is 2. The summed E-state index contributed by atoms with van der Waals surface area (Å²) < 4.78 is 43.7. The summed E-state index contributed by atoms with van der Waals surface area (Å²) in [7, 11) is 9.11. The summed E-state index contributed by atoms with van der Waals surface area (Å²) in [5.74, 6) is 0.921. The number of hydrazone groups is 2. The van der Waals surface area contributed by atoms with Crippen LogP contribution in [-0.2, 0) is 24.1 Å². The number of fused-ring (bicyclic) bond motifs is 2. The van der Waals surface area contributed by atoms with Crippen molar-refractivity contribution in [2.24, 2.45) is 10.2 Å². The van der Waals surface area contributed by atoms with Gasteiger partial charge in [0.2, 0.25) is 0 Å². The summed E-state index contributed by atoms with van der Waals surface area (Å²) in [4.78, 5) is 27.5. The SMILES string of the molecule is CNC(=O)N1N=C(c2ccc(Br)cc2)c2c(Cl)c(OC)c(OC)c(Cl)c2CC1C.CNC(=O)N1N=C(c2ccc(CN3CCOCC3)cc2)c2c(c(F)cc(OC)c2OC)CC1C. The monoisotopic (exact) mass is 969 g/mol. The van der Waals surface area contributed by atoms with Crippen LogP contribution in [0.1, 0.15) is 52.8 Å². The summed E-state index contributed by atoms with van der Waals surface area (Å²) in [6.45, 7) is 7.84. The van der Waals surface area contributed by atoms with Crippen molar-refractivity contribution in [3.05, 3.63) is 114 Å². The molecule has 0 bridgehead atoms. The molecule has 2 atom stereocenters. The molecular formula is C45H51BrCl2FN7O7. The molecular weight excluding hydrogens is 920 g/mol. The van der Waals surface area contributed by atoms with Gasteiger partial charge in [0.1, 0.15) is 17.2 Å². The third-order valence-corrected chi connectivity index (χ3v) is 12.2. The number of urea groups is 2. The van der Waals surface area contributed by atoms with Gasteiger partial charge in [-0.1, -0.05) is 75.5 Å². The van der Waals surface area contributed by atoms with Gasteiger partial charge in [-0.15, -0.1) is 0 Å². The first-order valence-corrected chi connectivity index (χ1v) is 21.8. The van der Waals surface area contributed by atoms with Crippen LogP contribution >= 0.6 is 39.1 Å². The molecule has 3 aliphatic rings. The smallest absolute Gasteiger partial charge is 0.337 e. The molecule has 2 unspecified atom stereocenters. The Balaban J connectivity index is 0.000000213. The predicted molar refractivity (Wildman–Crippen MR) is 246 cm³/mol. The summed E-state index contributed by atoms with van der Waals surface area (Å²) in [6.07, 6.45) is 0.711. The van der Waals surface area contributed by atoms with E-state index in [4.69, 9.17) is 52.0 Å². The van der Waals surface area contributed by atoms with E-state index < -0.39 is 5.82 Å². The summed E-state index contributed by atoms with van der Waals surface area (Å²) in [5, 5.41) is 18.1. The van der Waals surface area contributed by atoms with E-state index in [1.165, 1.54) is 44.5 Å². The average molecular weight is 972 g/mol. The van der Waals surface area contributed by atoms with Crippen molar-refractivity contribution in [2.75, 3.05) is 68.8 Å². The maximum Gasteiger partial charge on any atom is 0.337 e. The van der Waals surface area contributed by atoms with E-state index in [1.54, 1.807) is 14.1 Å². The second-order valence-corrected chi connectivity index (χ2v) is 16.6. The standard InChI is InChI=1S/C25H31FN4O4.C20H20BrCl2N3O3/c1-16-13-19-20(26)14-21(32-3)24(33-4)22(19)23(28-30(16)25(31)27-2)18-7-5-17(6-8-18)15-29-9-11-34-12-10-29;1-10-9-13-14(16(23)19(29-4)18(28-3)15(13)22)17(25-26(10)20(27)24-2)11-5-7-12(21)8-6-11/h5-8,14,16H,9-13,15H2,1-4H3,(H,27,31);5-8,10H,9H2,1-4H3,(H,24,27). The molecule has 2 N–H and O–H groups in total. The zero-order valence-electron chi connectivity index (χ0n) is 36.4. The molecule has 0 spiro atoms. The second kappa shape index (κ2) is 21.0. The van der Waals surface area contributed by atoms with E-state index in [0.717, 1.165) is 59.6 Å². The maximum atomic E-state index is 15.3. The summed E-state index contributed by atoms with van der Waals surface area (Å²) in [5.41, 5.74) is 5.96. The average Bonchev–Trinajstić information content (AvgIpc) is 3.55. The van der Waals surface area contributed by atoms with Gasteiger partial charge in [0.25, 0.3) is 0 Å². The molecule has 18 heteroatoms. The first-order chi connectivity index (χ1) is 30.3. The van der Waals surface area contributed by atoms with Gasteiger partial charge in [0.05, 0.1) is 69.3 Å². The minimum atomic E-state index is -0.421. The van der Waals surface area contributed by atoms with Gasteiger partial charge < -0.3 is 34.3 Å². The molecule has 1 fully saturated rings. The van der Waals surface area contributed by atoms with Gasteiger partial charge >= 0.3 is 12.1 Å². The predicted octanol–water partition coefficient (Wildman–Crippen LogP) is 8.13. The lowest BCUT2D eigenvalue weighted by atomic mass is 9.92. The first-order valence-electron chi connectivity index (χ1n) is 20.2. The second-order valence-electron chi connectivity index (χ2n) is 14.9. The van der Waals surface area contributed by atoms with Gasteiger partial charge in [-0.05, 0) is 49.9 Å². The Bertz CT molecular complexity index is 2380. The molecule has 0 aliphatic carbocycles. The van der Waals surface area contributed by atoms with Crippen LogP contribution in [0.25, 0.3) is 0 Å². The summed E-state index contributed by atoms with van der Waals surface area (Å²) >= 11 is 16.9. The van der Waals surface area contributed by atoms with Crippen molar-refractivity contribution < 1.29 is 37.7 Å². The Morgan fingerprint density at radius 3 is 1.75 bits per heavy atom. The molecule has 63 heavy (non-hydrogen) atoms. The normalized spacial score (nSPS) is 17.3. The lowest BCUT2D eigenvalue weighted by Gasteiger charge is -2.26. The third kappa shape index (κ3) is 10.00. The van der Waals surface area contributed by atoms with E-state index in [-0.39, 0.29) is 36.3 Å². The topological polar surface area (TPSA) is 139 Å². The van der Waals surface area contributed by atoms with E-state index >= 15 is 4.39 Å². The Morgan fingerprint density at radius 1 is 0.746 bits per heavy atom. The highest BCUT2D eigenvalue weighted by Gasteiger charge is 2.35. The molecule has 0 aromatic heterocycles. The zero-order chi connectivity index (χ0) is 45.5. The number of hydrogen-bond donors (Lipinski definition) is 2. The van der Waals surface area contributed by atoms with Gasteiger partial charge in [0, 0.05) is 66.5 Å². The fourth-order valence-electron chi connectivity index (χ4n) is 7.74. The number of carbonyl (C=O) groups excluding carboxylic acids is 2. The van der Waals surface area contributed by atoms with Crippen molar-refractivity contribution in [3.8, 4) is 23.0 Å². The van der Waals surface area contributed by atoms with Crippen LogP contribution in [0, 0.1) is 5.82 Å². The van der Waals surface area contributed by atoms with E-state index in [0.29, 0.717) is 61.8 Å². The van der Waals surface area contributed by atoms with Crippen molar-refractivity contribution >= 4 is 62.6 Å². The van der Waals surface area contributed by atoms with Gasteiger partial charge in [-0.25, -0.2) is 24.0 Å².